The molecule has 1 aromatic heterocycles. The van der Waals surface area contributed by atoms with Gasteiger partial charge in [-0.15, -0.1) is 0 Å². The summed E-state index contributed by atoms with van der Waals surface area (Å²) in [5.74, 6) is 0.616. The molecule has 1 fully saturated rings. The van der Waals surface area contributed by atoms with E-state index in [1.807, 2.05) is 18.2 Å². The minimum absolute atomic E-state index is 0.141. The number of thioether (sulfide) groups is 1. The number of halogens is 1. The first-order valence-electron chi connectivity index (χ1n) is 10.5. The van der Waals surface area contributed by atoms with Crippen molar-refractivity contribution in [3.63, 3.8) is 0 Å². The highest BCUT2D eigenvalue weighted by atomic mass is 35.5. The summed E-state index contributed by atoms with van der Waals surface area (Å²) in [4.78, 5) is 38.5. The van der Waals surface area contributed by atoms with E-state index in [4.69, 9.17) is 25.5 Å². The van der Waals surface area contributed by atoms with E-state index in [9.17, 15) is 14.4 Å². The van der Waals surface area contributed by atoms with E-state index < -0.39 is 11.9 Å². The van der Waals surface area contributed by atoms with Crippen molar-refractivity contribution in [2.24, 2.45) is 0 Å². The van der Waals surface area contributed by atoms with Crippen LogP contribution in [0.4, 0.5) is 4.79 Å². The number of furan rings is 1. The summed E-state index contributed by atoms with van der Waals surface area (Å²) >= 11 is 6.97. The maximum Gasteiger partial charge on any atom is 0.339 e. The maximum absolute atomic E-state index is 12.7. The van der Waals surface area contributed by atoms with E-state index in [1.165, 1.54) is 6.08 Å². The Labute approximate surface area is 205 Å². The van der Waals surface area contributed by atoms with Gasteiger partial charge in [-0.1, -0.05) is 29.8 Å². The molecule has 2 amide bonds. The van der Waals surface area contributed by atoms with E-state index in [2.05, 4.69) is 0 Å². The zero-order valence-corrected chi connectivity index (χ0v) is 19.7. The number of nitrogens with zero attached hydrogens (tertiary/aromatic N) is 1. The topological polar surface area (TPSA) is 86.0 Å². The van der Waals surface area contributed by atoms with E-state index >= 15 is 0 Å². The van der Waals surface area contributed by atoms with E-state index in [-0.39, 0.29) is 40.5 Å². The van der Waals surface area contributed by atoms with Gasteiger partial charge in [0, 0.05) is 11.6 Å². The van der Waals surface area contributed by atoms with Crippen molar-refractivity contribution in [2.45, 2.75) is 6.92 Å². The molecule has 2 aromatic carbocycles. The van der Waals surface area contributed by atoms with Crippen LogP contribution < -0.4 is 4.74 Å². The number of carbonyl (C=O) groups is 3. The Kier molecular flexibility index (Phi) is 7.40. The summed E-state index contributed by atoms with van der Waals surface area (Å²) in [5.41, 5.74) is 0.857. The van der Waals surface area contributed by atoms with Gasteiger partial charge in [0.15, 0.2) is 0 Å². The highest BCUT2D eigenvalue weighted by molar-refractivity contribution is 8.18. The first kappa shape index (κ1) is 23.7. The molecular formula is C25H20ClNO6S. The second-order valence-electron chi connectivity index (χ2n) is 7.11. The van der Waals surface area contributed by atoms with Gasteiger partial charge in [-0.2, -0.15) is 0 Å². The molecule has 3 aromatic rings. The van der Waals surface area contributed by atoms with Gasteiger partial charge in [-0.05, 0) is 61.2 Å². The number of amides is 2. The van der Waals surface area contributed by atoms with Crippen LogP contribution in [-0.4, -0.2) is 41.8 Å². The molecule has 9 heteroatoms. The average molecular weight is 498 g/mol. The van der Waals surface area contributed by atoms with Crippen molar-refractivity contribution < 1.29 is 28.3 Å². The third-order valence-electron chi connectivity index (χ3n) is 4.85. The predicted molar refractivity (Wildman–Crippen MR) is 130 cm³/mol. The molecule has 0 atom stereocenters. The lowest BCUT2D eigenvalue weighted by Crippen LogP contribution is -2.32. The predicted octanol–water partition coefficient (Wildman–Crippen LogP) is 5.89. The summed E-state index contributed by atoms with van der Waals surface area (Å²) < 4.78 is 16.4. The summed E-state index contributed by atoms with van der Waals surface area (Å²) in [6.45, 7) is 2.28. The van der Waals surface area contributed by atoms with Crippen molar-refractivity contribution in [3.8, 4) is 17.1 Å². The molecular weight excluding hydrogens is 478 g/mol. The molecule has 7 nitrogen and oxygen atoms in total. The lowest BCUT2D eigenvalue weighted by atomic mass is 10.1. The molecule has 1 aliphatic heterocycles. The lowest BCUT2D eigenvalue weighted by molar-refractivity contribution is -0.123. The standard InChI is InChI=1S/C25H20ClNO6S/c1-2-31-24(29)19-14-16(8-10-20(19)26)21-11-9-18(33-21)15-22-23(28)27(25(30)34-22)12-13-32-17-6-4-3-5-7-17/h3-11,14-15H,2,12-13H2,1H3/b22-15-. The Morgan fingerprint density at radius 2 is 1.91 bits per heavy atom. The number of esters is 1. The van der Waals surface area contributed by atoms with Crippen LogP contribution >= 0.6 is 23.4 Å². The van der Waals surface area contributed by atoms with Gasteiger partial charge in [0.1, 0.15) is 23.9 Å². The van der Waals surface area contributed by atoms with Crippen LogP contribution in [0.15, 0.2) is 70.0 Å². The number of carbonyl (C=O) groups excluding carboxylic acids is 3. The third-order valence-corrected chi connectivity index (χ3v) is 6.08. The van der Waals surface area contributed by atoms with Gasteiger partial charge in [0.2, 0.25) is 0 Å². The Bertz CT molecular complexity index is 1250. The van der Waals surface area contributed by atoms with Crippen molar-refractivity contribution >= 4 is 46.6 Å². The zero-order chi connectivity index (χ0) is 24.1. The van der Waals surface area contributed by atoms with Gasteiger partial charge in [-0.25, -0.2) is 4.79 Å². The molecule has 0 N–H and O–H groups in total. The first-order chi connectivity index (χ1) is 16.5. The quantitative estimate of drug-likeness (QED) is 0.283. The normalized spacial score (nSPS) is 14.6. The Hall–Kier alpha value is -3.49. The second-order valence-corrected chi connectivity index (χ2v) is 8.51. The molecule has 1 aliphatic rings. The van der Waals surface area contributed by atoms with Gasteiger partial charge < -0.3 is 13.9 Å². The fourth-order valence-electron chi connectivity index (χ4n) is 3.22. The number of imide groups is 1. The van der Waals surface area contributed by atoms with Gasteiger partial charge >= 0.3 is 5.97 Å². The summed E-state index contributed by atoms with van der Waals surface area (Å²) in [6, 6.07) is 17.5. The number of ether oxygens (including phenoxy) is 2. The summed E-state index contributed by atoms with van der Waals surface area (Å²) in [6.07, 6.45) is 1.52. The first-order valence-corrected chi connectivity index (χ1v) is 11.7. The van der Waals surface area contributed by atoms with Crippen LogP contribution in [0, 0.1) is 0 Å². The monoisotopic (exact) mass is 497 g/mol. The number of hydrogen-bond donors (Lipinski definition) is 0. The van der Waals surface area contributed by atoms with E-state index in [0.29, 0.717) is 22.8 Å². The minimum Gasteiger partial charge on any atom is -0.492 e. The lowest BCUT2D eigenvalue weighted by Gasteiger charge is -2.13. The molecule has 174 valence electrons. The molecule has 0 saturated carbocycles. The number of benzene rings is 2. The van der Waals surface area contributed by atoms with Gasteiger partial charge in [0.05, 0.1) is 28.6 Å². The van der Waals surface area contributed by atoms with Crippen molar-refractivity contribution in [1.82, 2.24) is 4.90 Å². The highest BCUT2D eigenvalue weighted by Crippen LogP contribution is 2.34. The van der Waals surface area contributed by atoms with Crippen LogP contribution in [-0.2, 0) is 9.53 Å². The zero-order valence-electron chi connectivity index (χ0n) is 18.2. The molecule has 0 bridgehead atoms. The van der Waals surface area contributed by atoms with Crippen molar-refractivity contribution in [3.05, 3.63) is 81.9 Å². The van der Waals surface area contributed by atoms with Crippen LogP contribution in [0.2, 0.25) is 5.02 Å². The molecule has 0 unspecified atom stereocenters. The molecule has 34 heavy (non-hydrogen) atoms. The minimum atomic E-state index is -0.522. The number of hydrogen-bond acceptors (Lipinski definition) is 7. The number of para-hydroxylation sites is 1. The largest absolute Gasteiger partial charge is 0.492 e. The Balaban J connectivity index is 1.45. The van der Waals surface area contributed by atoms with Crippen molar-refractivity contribution in [1.29, 1.82) is 0 Å². The molecule has 0 spiro atoms. The third kappa shape index (κ3) is 5.35. The molecule has 2 heterocycles. The van der Waals surface area contributed by atoms with Crippen LogP contribution in [0.3, 0.4) is 0 Å². The Morgan fingerprint density at radius 1 is 1.12 bits per heavy atom. The van der Waals surface area contributed by atoms with Gasteiger partial charge in [0.25, 0.3) is 11.1 Å². The summed E-state index contributed by atoms with van der Waals surface area (Å²) in [7, 11) is 0. The van der Waals surface area contributed by atoms with E-state index in [0.717, 1.165) is 16.7 Å². The van der Waals surface area contributed by atoms with Crippen LogP contribution in [0.5, 0.6) is 5.75 Å². The molecule has 0 aliphatic carbocycles. The molecule has 0 radical (unpaired) electrons. The Morgan fingerprint density at radius 3 is 2.68 bits per heavy atom. The molecule has 4 rings (SSSR count). The highest BCUT2D eigenvalue weighted by Gasteiger charge is 2.35. The fraction of sp³-hybridized carbons (Fsp3) is 0.160. The summed E-state index contributed by atoms with van der Waals surface area (Å²) in [5, 5.41) is -0.0876. The second kappa shape index (κ2) is 10.6. The van der Waals surface area contributed by atoms with Gasteiger partial charge in [-0.3, -0.25) is 14.5 Å². The number of rotatable bonds is 8. The van der Waals surface area contributed by atoms with Crippen LogP contribution in [0.25, 0.3) is 17.4 Å². The van der Waals surface area contributed by atoms with Crippen molar-refractivity contribution in [2.75, 3.05) is 19.8 Å². The maximum atomic E-state index is 12.7. The smallest absolute Gasteiger partial charge is 0.339 e. The van der Waals surface area contributed by atoms with Crippen LogP contribution in [0.1, 0.15) is 23.0 Å². The SMILES string of the molecule is CCOC(=O)c1cc(-c2ccc(/C=C3\SC(=O)N(CCOc4ccccc4)C3=O)o2)ccc1Cl. The average Bonchev–Trinajstić information content (AvgIpc) is 3.40. The fourth-order valence-corrected chi connectivity index (χ4v) is 4.26. The molecule has 1 saturated heterocycles. The van der Waals surface area contributed by atoms with E-state index in [1.54, 1.807) is 49.4 Å².